The summed E-state index contributed by atoms with van der Waals surface area (Å²) in [6.45, 7) is 4.98. The molecule has 1 aliphatic rings. The van der Waals surface area contributed by atoms with Crippen molar-refractivity contribution in [3.63, 3.8) is 0 Å². The third-order valence-corrected chi connectivity index (χ3v) is 5.26. The van der Waals surface area contributed by atoms with E-state index in [1.165, 1.54) is 13.8 Å². The molecule has 1 saturated heterocycles. The molecule has 0 bridgehead atoms. The summed E-state index contributed by atoms with van der Waals surface area (Å²) in [4.78, 5) is 11.6. The van der Waals surface area contributed by atoms with Gasteiger partial charge >= 0.3 is 0 Å². The summed E-state index contributed by atoms with van der Waals surface area (Å²) in [5.41, 5.74) is 0. The fourth-order valence-corrected chi connectivity index (χ4v) is 3.15. The van der Waals surface area contributed by atoms with Crippen molar-refractivity contribution < 1.29 is 17.9 Å². The highest BCUT2D eigenvalue weighted by molar-refractivity contribution is 7.94. The van der Waals surface area contributed by atoms with Gasteiger partial charge in [-0.25, -0.2) is 12.7 Å². The van der Waals surface area contributed by atoms with Gasteiger partial charge in [-0.2, -0.15) is 0 Å². The van der Waals surface area contributed by atoms with E-state index in [0.717, 1.165) is 17.3 Å². The molecule has 1 fully saturated rings. The lowest BCUT2D eigenvalue weighted by atomic mass is 10.2. The Balaban J connectivity index is 2.28. The number of hydrogen-bond acceptors (Lipinski definition) is 5. The maximum atomic E-state index is 11.7. The predicted molar refractivity (Wildman–Crippen MR) is 64.1 cm³/mol. The molecule has 17 heavy (non-hydrogen) atoms. The van der Waals surface area contributed by atoms with E-state index in [-0.39, 0.29) is 12.5 Å². The highest BCUT2D eigenvalue weighted by Crippen LogP contribution is 2.34. The van der Waals surface area contributed by atoms with Crippen molar-refractivity contribution in [2.75, 3.05) is 33.4 Å². The lowest BCUT2D eigenvalue weighted by Crippen LogP contribution is -2.68. The number of nitrogens with one attached hydrogen (secondary N) is 1. The quantitative estimate of drug-likeness (QED) is 0.631. The van der Waals surface area contributed by atoms with Crippen molar-refractivity contribution in [1.82, 2.24) is 9.62 Å². The number of carbonyl (C=O) groups is 1. The SMILES string of the molecule is COCCCNCCN1C(=O)C(C)(C)S1(=O)=O. The van der Waals surface area contributed by atoms with Crippen LogP contribution in [0.2, 0.25) is 0 Å². The zero-order chi connectivity index (χ0) is 13.1. The third-order valence-electron chi connectivity index (χ3n) is 2.87. The number of methoxy groups -OCH3 is 1. The van der Waals surface area contributed by atoms with Crippen molar-refractivity contribution in [3.05, 3.63) is 0 Å². The summed E-state index contributed by atoms with van der Waals surface area (Å²) < 4.78 is 28.0. The zero-order valence-corrected chi connectivity index (χ0v) is 11.3. The monoisotopic (exact) mass is 264 g/mol. The Labute approximate surface area is 102 Å². The molecular weight excluding hydrogens is 244 g/mol. The summed E-state index contributed by atoms with van der Waals surface area (Å²) in [5.74, 6) is -0.323. The second-order valence-electron chi connectivity index (χ2n) is 4.49. The normalized spacial score (nSPS) is 21.4. The lowest BCUT2D eigenvalue weighted by Gasteiger charge is -2.43. The van der Waals surface area contributed by atoms with E-state index in [0.29, 0.717) is 13.2 Å². The summed E-state index contributed by atoms with van der Waals surface area (Å²) in [5, 5.41) is 3.07. The van der Waals surface area contributed by atoms with Gasteiger partial charge in [0.1, 0.15) is 0 Å². The minimum absolute atomic E-state index is 0.206. The Hall–Kier alpha value is -0.660. The molecule has 6 nitrogen and oxygen atoms in total. The smallest absolute Gasteiger partial charge is 0.258 e. The topological polar surface area (TPSA) is 75.7 Å². The summed E-state index contributed by atoms with van der Waals surface area (Å²) in [6, 6.07) is 0. The van der Waals surface area contributed by atoms with Crippen LogP contribution in [0.5, 0.6) is 0 Å². The minimum Gasteiger partial charge on any atom is -0.385 e. The maximum Gasteiger partial charge on any atom is 0.258 e. The second-order valence-corrected chi connectivity index (χ2v) is 6.90. The van der Waals surface area contributed by atoms with Crippen LogP contribution >= 0.6 is 0 Å². The molecule has 0 saturated carbocycles. The first kappa shape index (κ1) is 14.4. The van der Waals surface area contributed by atoms with E-state index in [9.17, 15) is 13.2 Å². The van der Waals surface area contributed by atoms with Gasteiger partial charge in [0.25, 0.3) is 15.9 Å². The lowest BCUT2D eigenvalue weighted by molar-refractivity contribution is -0.132. The number of amides is 1. The van der Waals surface area contributed by atoms with E-state index in [1.54, 1.807) is 7.11 Å². The number of rotatable bonds is 7. The Morgan fingerprint density at radius 2 is 2.00 bits per heavy atom. The molecule has 0 spiro atoms. The average Bonchev–Trinajstić information content (AvgIpc) is 2.26. The van der Waals surface area contributed by atoms with Crippen molar-refractivity contribution in [3.8, 4) is 0 Å². The first-order chi connectivity index (χ1) is 7.85. The van der Waals surface area contributed by atoms with Gasteiger partial charge in [0, 0.05) is 26.8 Å². The van der Waals surface area contributed by atoms with Gasteiger partial charge < -0.3 is 10.1 Å². The number of hydrogen-bond donors (Lipinski definition) is 1. The molecule has 0 aromatic heterocycles. The fourth-order valence-electron chi connectivity index (χ4n) is 1.63. The van der Waals surface area contributed by atoms with Crippen molar-refractivity contribution in [1.29, 1.82) is 0 Å². The van der Waals surface area contributed by atoms with Crippen LogP contribution in [0.1, 0.15) is 20.3 Å². The molecule has 0 radical (unpaired) electrons. The van der Waals surface area contributed by atoms with E-state index >= 15 is 0 Å². The molecule has 0 aromatic rings. The standard InChI is InChI=1S/C10H20N2O4S/c1-10(2)9(13)12(17(10,14)15)7-6-11-5-4-8-16-3/h11H,4-8H2,1-3H3. The van der Waals surface area contributed by atoms with Gasteiger partial charge in [0.05, 0.1) is 0 Å². The number of sulfonamides is 1. The second kappa shape index (κ2) is 5.32. The summed E-state index contributed by atoms with van der Waals surface area (Å²) in [7, 11) is -1.80. The highest BCUT2D eigenvalue weighted by atomic mass is 32.2. The van der Waals surface area contributed by atoms with Crippen LogP contribution < -0.4 is 5.32 Å². The molecule has 0 unspecified atom stereocenters. The summed E-state index contributed by atoms with van der Waals surface area (Å²) >= 11 is 0. The molecule has 0 aromatic carbocycles. The van der Waals surface area contributed by atoms with E-state index in [2.05, 4.69) is 5.32 Å². The Morgan fingerprint density at radius 1 is 1.35 bits per heavy atom. The van der Waals surface area contributed by atoms with Gasteiger partial charge in [-0.3, -0.25) is 4.79 Å². The number of ether oxygens (including phenoxy) is 1. The predicted octanol–water partition coefficient (Wildman–Crippen LogP) is -0.437. The molecule has 0 aliphatic carbocycles. The molecule has 1 aliphatic heterocycles. The molecule has 100 valence electrons. The van der Waals surface area contributed by atoms with Crippen molar-refractivity contribution in [2.24, 2.45) is 0 Å². The highest BCUT2D eigenvalue weighted by Gasteiger charge is 2.59. The molecule has 1 rings (SSSR count). The average molecular weight is 264 g/mol. The zero-order valence-electron chi connectivity index (χ0n) is 10.5. The van der Waals surface area contributed by atoms with Gasteiger partial charge in [-0.1, -0.05) is 0 Å². The van der Waals surface area contributed by atoms with Crippen LogP contribution in [0.15, 0.2) is 0 Å². The first-order valence-corrected chi connectivity index (χ1v) is 7.06. The van der Waals surface area contributed by atoms with Crippen LogP contribution in [0.25, 0.3) is 0 Å². The Morgan fingerprint density at radius 3 is 2.53 bits per heavy atom. The minimum atomic E-state index is -3.43. The molecule has 1 amide bonds. The Bertz CT molecular complexity index is 378. The van der Waals surface area contributed by atoms with Crippen LogP contribution in [0, 0.1) is 0 Å². The van der Waals surface area contributed by atoms with Gasteiger partial charge in [-0.15, -0.1) is 0 Å². The Kier molecular flexibility index (Phi) is 4.51. The first-order valence-electron chi connectivity index (χ1n) is 5.62. The van der Waals surface area contributed by atoms with E-state index < -0.39 is 14.8 Å². The van der Waals surface area contributed by atoms with E-state index in [4.69, 9.17) is 4.74 Å². The van der Waals surface area contributed by atoms with Crippen LogP contribution in [-0.4, -0.2) is 56.7 Å². The van der Waals surface area contributed by atoms with Crippen molar-refractivity contribution >= 4 is 15.9 Å². The van der Waals surface area contributed by atoms with E-state index in [1.807, 2.05) is 0 Å². The molecule has 1 N–H and O–H groups in total. The number of carbonyl (C=O) groups excluding carboxylic acids is 1. The van der Waals surface area contributed by atoms with Crippen LogP contribution in [0.4, 0.5) is 0 Å². The molecule has 7 heteroatoms. The van der Waals surface area contributed by atoms with Gasteiger partial charge in [-0.05, 0) is 26.8 Å². The van der Waals surface area contributed by atoms with Crippen LogP contribution in [0.3, 0.4) is 0 Å². The number of nitrogens with zero attached hydrogens (tertiary/aromatic N) is 1. The molecule has 0 atom stereocenters. The van der Waals surface area contributed by atoms with Gasteiger partial charge in [0.15, 0.2) is 4.75 Å². The largest absolute Gasteiger partial charge is 0.385 e. The van der Waals surface area contributed by atoms with Crippen LogP contribution in [-0.2, 0) is 19.6 Å². The maximum absolute atomic E-state index is 11.7. The van der Waals surface area contributed by atoms with Gasteiger partial charge in [0.2, 0.25) is 0 Å². The molecule has 1 heterocycles. The fraction of sp³-hybridized carbons (Fsp3) is 0.900. The third kappa shape index (κ3) is 2.61. The van der Waals surface area contributed by atoms with Crippen molar-refractivity contribution in [2.45, 2.75) is 25.0 Å². The summed E-state index contributed by atoms with van der Waals surface area (Å²) in [6.07, 6.45) is 0.864. The molecular formula is C10H20N2O4S.